The van der Waals surface area contributed by atoms with Crippen LogP contribution in [0.3, 0.4) is 0 Å². The van der Waals surface area contributed by atoms with E-state index in [0.29, 0.717) is 36.0 Å². The average molecular weight is 444 g/mol. The molecule has 4 rings (SSSR count). The van der Waals surface area contributed by atoms with Gasteiger partial charge in [0.25, 0.3) is 11.8 Å². The fourth-order valence-electron chi connectivity index (χ4n) is 3.32. The molecule has 0 aromatic heterocycles. The zero-order chi connectivity index (χ0) is 23.2. The van der Waals surface area contributed by atoms with Crippen LogP contribution < -0.4 is 24.6 Å². The Hall–Kier alpha value is -4.26. The topological polar surface area (TPSA) is 77.1 Å². The standard InChI is InChI=1S/C26H24N2O5/c1-18-8-11-21(12-9-18)32-14-15-33-23-13-10-19(17-24(23)31-2)16-22-25(29)27-28(26(22)30)20-6-4-3-5-7-20/h3-13,16-17H,14-15H2,1-2H3,(H,27,29). The van der Waals surface area contributed by atoms with Crippen molar-refractivity contribution in [3.05, 3.63) is 89.5 Å². The van der Waals surface area contributed by atoms with Gasteiger partial charge in [0.15, 0.2) is 11.5 Å². The number of aryl methyl sites for hydroxylation is 1. The lowest BCUT2D eigenvalue weighted by Gasteiger charge is -2.14. The molecule has 1 fully saturated rings. The predicted octanol–water partition coefficient (Wildman–Crippen LogP) is 3.92. The first-order chi connectivity index (χ1) is 16.0. The van der Waals surface area contributed by atoms with Crippen molar-refractivity contribution in [3.63, 3.8) is 0 Å². The molecule has 0 saturated carbocycles. The largest absolute Gasteiger partial charge is 0.493 e. The van der Waals surface area contributed by atoms with Gasteiger partial charge in [-0.25, -0.2) is 5.01 Å². The highest BCUT2D eigenvalue weighted by molar-refractivity contribution is 6.31. The van der Waals surface area contributed by atoms with Gasteiger partial charge in [-0.2, -0.15) is 0 Å². The van der Waals surface area contributed by atoms with Crippen molar-refractivity contribution in [2.24, 2.45) is 0 Å². The number of methoxy groups -OCH3 is 1. The number of hydrazine groups is 1. The number of rotatable bonds is 8. The highest BCUT2D eigenvalue weighted by atomic mass is 16.5. The van der Waals surface area contributed by atoms with Gasteiger partial charge < -0.3 is 14.2 Å². The van der Waals surface area contributed by atoms with E-state index in [0.717, 1.165) is 5.75 Å². The number of carbonyl (C=O) groups excluding carboxylic acids is 2. The van der Waals surface area contributed by atoms with E-state index >= 15 is 0 Å². The molecule has 33 heavy (non-hydrogen) atoms. The van der Waals surface area contributed by atoms with E-state index in [2.05, 4.69) is 5.43 Å². The van der Waals surface area contributed by atoms with E-state index in [1.165, 1.54) is 23.8 Å². The van der Waals surface area contributed by atoms with Crippen LogP contribution in [0, 0.1) is 6.92 Å². The van der Waals surface area contributed by atoms with Gasteiger partial charge in [0.2, 0.25) is 0 Å². The second kappa shape index (κ2) is 9.91. The van der Waals surface area contributed by atoms with Crippen LogP contribution in [0.2, 0.25) is 0 Å². The molecule has 2 amide bonds. The number of para-hydroxylation sites is 1. The summed E-state index contributed by atoms with van der Waals surface area (Å²) in [6.07, 6.45) is 1.54. The number of benzene rings is 3. The van der Waals surface area contributed by atoms with Crippen molar-refractivity contribution in [1.29, 1.82) is 0 Å². The number of carbonyl (C=O) groups is 2. The minimum Gasteiger partial charge on any atom is -0.493 e. The first-order valence-electron chi connectivity index (χ1n) is 10.5. The molecule has 0 aliphatic carbocycles. The van der Waals surface area contributed by atoms with Crippen LogP contribution in [-0.2, 0) is 9.59 Å². The van der Waals surface area contributed by atoms with Gasteiger partial charge in [-0.3, -0.25) is 15.0 Å². The van der Waals surface area contributed by atoms with Crippen molar-refractivity contribution in [2.75, 3.05) is 25.3 Å². The second-order valence-electron chi connectivity index (χ2n) is 7.40. The summed E-state index contributed by atoms with van der Waals surface area (Å²) in [4.78, 5) is 25.1. The first-order valence-corrected chi connectivity index (χ1v) is 10.5. The average Bonchev–Trinajstić information content (AvgIpc) is 3.12. The minimum absolute atomic E-state index is 0.0427. The third-order valence-corrected chi connectivity index (χ3v) is 5.04. The molecule has 0 spiro atoms. The van der Waals surface area contributed by atoms with Gasteiger partial charge in [0, 0.05) is 0 Å². The van der Waals surface area contributed by atoms with E-state index in [4.69, 9.17) is 14.2 Å². The fourth-order valence-corrected chi connectivity index (χ4v) is 3.32. The van der Waals surface area contributed by atoms with Crippen LogP contribution in [0.5, 0.6) is 17.2 Å². The molecule has 168 valence electrons. The molecule has 7 nitrogen and oxygen atoms in total. The quantitative estimate of drug-likeness (QED) is 0.324. The fraction of sp³-hybridized carbons (Fsp3) is 0.154. The maximum Gasteiger partial charge on any atom is 0.282 e. The van der Waals surface area contributed by atoms with Crippen LogP contribution >= 0.6 is 0 Å². The molecule has 7 heteroatoms. The molecule has 3 aromatic carbocycles. The summed E-state index contributed by atoms with van der Waals surface area (Å²) < 4.78 is 16.9. The van der Waals surface area contributed by atoms with Gasteiger partial charge >= 0.3 is 0 Å². The third-order valence-electron chi connectivity index (χ3n) is 5.04. The molecule has 0 unspecified atom stereocenters. The Morgan fingerprint density at radius 3 is 2.33 bits per heavy atom. The molecule has 1 saturated heterocycles. The monoisotopic (exact) mass is 444 g/mol. The Bertz CT molecular complexity index is 1170. The number of hydrogen-bond donors (Lipinski definition) is 1. The van der Waals surface area contributed by atoms with E-state index in [9.17, 15) is 9.59 Å². The zero-order valence-corrected chi connectivity index (χ0v) is 18.4. The number of hydrogen-bond acceptors (Lipinski definition) is 5. The van der Waals surface area contributed by atoms with Gasteiger partial charge in [0.1, 0.15) is 24.5 Å². The van der Waals surface area contributed by atoms with Crippen LogP contribution in [0.1, 0.15) is 11.1 Å². The Labute approximate surface area is 192 Å². The summed E-state index contributed by atoms with van der Waals surface area (Å²) in [7, 11) is 1.53. The smallest absolute Gasteiger partial charge is 0.282 e. The van der Waals surface area contributed by atoms with Gasteiger partial charge in [-0.1, -0.05) is 42.0 Å². The van der Waals surface area contributed by atoms with Crippen LogP contribution in [0.15, 0.2) is 78.4 Å². The lowest BCUT2D eigenvalue weighted by atomic mass is 10.1. The molecule has 1 aliphatic rings. The number of amides is 2. The third kappa shape index (κ3) is 5.15. The summed E-state index contributed by atoms with van der Waals surface area (Å²) >= 11 is 0. The van der Waals surface area contributed by atoms with E-state index < -0.39 is 11.8 Å². The maximum absolute atomic E-state index is 12.8. The van der Waals surface area contributed by atoms with E-state index in [-0.39, 0.29) is 5.57 Å². The SMILES string of the molecule is COc1cc(C=C2C(=O)NN(c3ccccc3)C2=O)ccc1OCCOc1ccc(C)cc1. The van der Waals surface area contributed by atoms with Gasteiger partial charge in [0.05, 0.1) is 12.8 Å². The zero-order valence-electron chi connectivity index (χ0n) is 18.4. The normalized spacial score (nSPS) is 14.4. The summed E-state index contributed by atoms with van der Waals surface area (Å²) in [6, 6.07) is 22.0. The number of ether oxygens (including phenoxy) is 3. The highest BCUT2D eigenvalue weighted by Gasteiger charge is 2.34. The van der Waals surface area contributed by atoms with Crippen LogP contribution in [0.25, 0.3) is 6.08 Å². The summed E-state index contributed by atoms with van der Waals surface area (Å²) in [5.74, 6) is 0.933. The van der Waals surface area contributed by atoms with Gasteiger partial charge in [-0.05, 0) is 55.0 Å². The van der Waals surface area contributed by atoms with Crippen LogP contribution in [-0.4, -0.2) is 32.1 Å². The van der Waals surface area contributed by atoms with E-state index in [1.807, 2.05) is 37.3 Å². The molecule has 0 bridgehead atoms. The van der Waals surface area contributed by atoms with Crippen molar-refractivity contribution in [1.82, 2.24) is 5.43 Å². The lowest BCUT2D eigenvalue weighted by Crippen LogP contribution is -2.35. The molecular weight excluding hydrogens is 420 g/mol. The number of nitrogens with zero attached hydrogens (tertiary/aromatic N) is 1. The first kappa shape index (κ1) is 22.0. The molecule has 1 aliphatic heterocycles. The summed E-state index contributed by atoms with van der Waals surface area (Å²) in [5.41, 5.74) is 5.03. The predicted molar refractivity (Wildman–Crippen MR) is 125 cm³/mol. The van der Waals surface area contributed by atoms with Crippen LogP contribution in [0.4, 0.5) is 5.69 Å². The molecular formula is C26H24N2O5. The van der Waals surface area contributed by atoms with E-state index in [1.54, 1.807) is 42.5 Å². The van der Waals surface area contributed by atoms with Crippen molar-refractivity contribution >= 4 is 23.6 Å². The molecule has 1 heterocycles. The molecule has 0 atom stereocenters. The Morgan fingerprint density at radius 1 is 0.879 bits per heavy atom. The maximum atomic E-state index is 12.8. The molecule has 0 radical (unpaired) electrons. The molecule has 3 aromatic rings. The summed E-state index contributed by atoms with van der Waals surface area (Å²) in [5, 5.41) is 1.23. The van der Waals surface area contributed by atoms with Crippen molar-refractivity contribution in [2.45, 2.75) is 6.92 Å². The number of anilines is 1. The molecule has 1 N–H and O–H groups in total. The Kier molecular flexibility index (Phi) is 6.59. The van der Waals surface area contributed by atoms with Crippen molar-refractivity contribution < 1.29 is 23.8 Å². The van der Waals surface area contributed by atoms with Gasteiger partial charge in [-0.15, -0.1) is 0 Å². The second-order valence-corrected chi connectivity index (χ2v) is 7.40. The minimum atomic E-state index is -0.462. The lowest BCUT2D eigenvalue weighted by molar-refractivity contribution is -0.117. The Balaban J connectivity index is 1.42. The Morgan fingerprint density at radius 2 is 1.61 bits per heavy atom. The highest BCUT2D eigenvalue weighted by Crippen LogP contribution is 2.30. The van der Waals surface area contributed by atoms with Crippen molar-refractivity contribution in [3.8, 4) is 17.2 Å². The summed E-state index contributed by atoms with van der Waals surface area (Å²) in [6.45, 7) is 2.73. The number of nitrogens with one attached hydrogen (secondary N) is 1.